The summed E-state index contributed by atoms with van der Waals surface area (Å²) in [5.41, 5.74) is 3.20. The number of carbonyl (C=O) groups excluding carboxylic acids is 1. The zero-order valence-corrected chi connectivity index (χ0v) is 18.0. The van der Waals surface area contributed by atoms with E-state index in [4.69, 9.17) is 11.6 Å². The molecule has 0 aliphatic carbocycles. The van der Waals surface area contributed by atoms with Gasteiger partial charge >= 0.3 is 0 Å². The molecule has 1 aliphatic heterocycles. The molecule has 1 aliphatic rings. The molecule has 3 aromatic heterocycles. The summed E-state index contributed by atoms with van der Waals surface area (Å²) in [7, 11) is 1.77. The summed E-state index contributed by atoms with van der Waals surface area (Å²) >= 11 is 7.91. The first kappa shape index (κ1) is 19.7. The molecule has 148 valence electrons. The van der Waals surface area contributed by atoms with Crippen LogP contribution in [0.25, 0.3) is 0 Å². The Balaban J connectivity index is 1.76. The first-order chi connectivity index (χ1) is 14.0. The maximum Gasteiger partial charge on any atom is 0.261 e. The molecule has 0 fully saturated rings. The van der Waals surface area contributed by atoms with Crippen molar-refractivity contribution >= 4 is 46.6 Å². The van der Waals surface area contributed by atoms with Crippen molar-refractivity contribution in [1.29, 1.82) is 0 Å². The fourth-order valence-electron chi connectivity index (χ4n) is 3.45. The molecule has 0 spiro atoms. The minimum absolute atomic E-state index is 0.104. The SMILES string of the molecule is CCN1c2ncc(CSc3ccncc3)cc2C(=O)N(C)c2c(C)cc(Cl)nc21. The van der Waals surface area contributed by atoms with Gasteiger partial charge in [0.25, 0.3) is 5.91 Å². The number of amides is 1. The lowest BCUT2D eigenvalue weighted by atomic mass is 10.1. The van der Waals surface area contributed by atoms with Crippen LogP contribution in [0.2, 0.25) is 5.15 Å². The average Bonchev–Trinajstić information content (AvgIpc) is 2.80. The first-order valence-electron chi connectivity index (χ1n) is 9.24. The fourth-order valence-corrected chi connectivity index (χ4v) is 4.50. The highest BCUT2D eigenvalue weighted by molar-refractivity contribution is 7.98. The van der Waals surface area contributed by atoms with E-state index < -0.39 is 0 Å². The predicted octanol–water partition coefficient (Wildman–Crippen LogP) is 4.87. The van der Waals surface area contributed by atoms with Gasteiger partial charge in [-0.05, 0) is 49.2 Å². The zero-order valence-electron chi connectivity index (χ0n) is 16.4. The van der Waals surface area contributed by atoms with Crippen LogP contribution >= 0.6 is 23.4 Å². The second-order valence-electron chi connectivity index (χ2n) is 6.73. The molecule has 8 heteroatoms. The van der Waals surface area contributed by atoms with Crippen molar-refractivity contribution in [1.82, 2.24) is 15.0 Å². The number of rotatable bonds is 4. The Bertz CT molecular complexity index is 1080. The van der Waals surface area contributed by atoms with Crippen LogP contribution in [0.1, 0.15) is 28.4 Å². The maximum atomic E-state index is 13.3. The lowest BCUT2D eigenvalue weighted by molar-refractivity contribution is 0.0994. The largest absolute Gasteiger partial charge is 0.309 e. The molecule has 0 atom stereocenters. The van der Waals surface area contributed by atoms with Crippen molar-refractivity contribution in [2.45, 2.75) is 24.5 Å². The van der Waals surface area contributed by atoms with Gasteiger partial charge in [-0.3, -0.25) is 9.78 Å². The van der Waals surface area contributed by atoms with Gasteiger partial charge in [-0.15, -0.1) is 11.8 Å². The van der Waals surface area contributed by atoms with Gasteiger partial charge in [0.2, 0.25) is 0 Å². The summed E-state index contributed by atoms with van der Waals surface area (Å²) in [6.07, 6.45) is 5.37. The first-order valence-corrected chi connectivity index (χ1v) is 10.6. The molecule has 3 aromatic rings. The third kappa shape index (κ3) is 3.68. The second-order valence-corrected chi connectivity index (χ2v) is 8.16. The molecule has 4 rings (SSSR count). The number of aryl methyl sites for hydroxylation is 1. The van der Waals surface area contributed by atoms with Crippen molar-refractivity contribution < 1.29 is 4.79 Å². The number of halogens is 1. The average molecular weight is 426 g/mol. The fraction of sp³-hybridized carbons (Fsp3) is 0.238. The lowest BCUT2D eigenvalue weighted by Crippen LogP contribution is -2.26. The van der Waals surface area contributed by atoms with Gasteiger partial charge in [0.1, 0.15) is 11.0 Å². The van der Waals surface area contributed by atoms with Gasteiger partial charge in [-0.1, -0.05) is 11.6 Å². The Hall–Kier alpha value is -2.64. The highest BCUT2D eigenvalue weighted by atomic mass is 35.5. The van der Waals surface area contributed by atoms with Crippen LogP contribution in [-0.2, 0) is 5.75 Å². The number of anilines is 3. The van der Waals surface area contributed by atoms with E-state index in [0.717, 1.165) is 21.7 Å². The quantitative estimate of drug-likeness (QED) is 0.438. The van der Waals surface area contributed by atoms with Crippen LogP contribution in [0.3, 0.4) is 0 Å². The van der Waals surface area contributed by atoms with E-state index >= 15 is 0 Å². The Labute approximate surface area is 178 Å². The van der Waals surface area contributed by atoms with Crippen LogP contribution in [0.4, 0.5) is 17.3 Å². The number of fused-ring (bicyclic) bond motifs is 2. The Morgan fingerprint density at radius 3 is 2.66 bits per heavy atom. The lowest BCUT2D eigenvalue weighted by Gasteiger charge is -2.24. The Morgan fingerprint density at radius 2 is 1.93 bits per heavy atom. The molecule has 0 aromatic carbocycles. The van der Waals surface area contributed by atoms with Crippen molar-refractivity contribution in [2.75, 3.05) is 23.4 Å². The van der Waals surface area contributed by atoms with Crippen LogP contribution in [-0.4, -0.2) is 34.5 Å². The number of carbonyl (C=O) groups is 1. The molecule has 0 radical (unpaired) electrons. The predicted molar refractivity (Wildman–Crippen MR) is 117 cm³/mol. The van der Waals surface area contributed by atoms with Crippen molar-refractivity contribution in [3.8, 4) is 0 Å². The minimum Gasteiger partial charge on any atom is -0.309 e. The molecule has 0 N–H and O–H groups in total. The summed E-state index contributed by atoms with van der Waals surface area (Å²) in [6, 6.07) is 7.64. The molecule has 6 nitrogen and oxygen atoms in total. The van der Waals surface area contributed by atoms with Gasteiger partial charge < -0.3 is 9.80 Å². The second kappa shape index (κ2) is 8.00. The number of aromatic nitrogens is 3. The van der Waals surface area contributed by atoms with E-state index in [1.165, 1.54) is 0 Å². The topological polar surface area (TPSA) is 62.2 Å². The molecule has 0 bridgehead atoms. The minimum atomic E-state index is -0.104. The maximum absolute atomic E-state index is 13.3. The van der Waals surface area contributed by atoms with Gasteiger partial charge in [-0.2, -0.15) is 0 Å². The van der Waals surface area contributed by atoms with Gasteiger partial charge in [0, 0.05) is 42.8 Å². The third-order valence-electron chi connectivity index (χ3n) is 4.81. The number of thioether (sulfide) groups is 1. The number of pyridine rings is 3. The van der Waals surface area contributed by atoms with E-state index in [1.54, 1.807) is 42.2 Å². The van der Waals surface area contributed by atoms with Crippen molar-refractivity contribution in [3.63, 3.8) is 0 Å². The summed E-state index contributed by atoms with van der Waals surface area (Å²) in [5.74, 6) is 1.87. The highest BCUT2D eigenvalue weighted by Gasteiger charge is 2.32. The Kier molecular flexibility index (Phi) is 5.43. The van der Waals surface area contributed by atoms with E-state index in [0.29, 0.717) is 34.6 Å². The molecule has 4 heterocycles. The number of hydrogen-bond acceptors (Lipinski definition) is 6. The number of nitrogens with zero attached hydrogens (tertiary/aromatic N) is 5. The zero-order chi connectivity index (χ0) is 20.5. The van der Waals surface area contributed by atoms with Crippen molar-refractivity contribution in [3.05, 3.63) is 64.7 Å². The summed E-state index contributed by atoms with van der Waals surface area (Å²) in [4.78, 5) is 31.2. The van der Waals surface area contributed by atoms with Gasteiger partial charge in [-0.25, -0.2) is 9.97 Å². The standard InChI is InChI=1S/C21H20ClN5OS/c1-4-27-19-16(10-14(11-24-19)12-29-15-5-7-23-8-6-15)21(28)26(3)18-13(2)9-17(22)25-20(18)27/h5-11H,4,12H2,1-3H3. The molecule has 0 saturated carbocycles. The third-order valence-corrected chi connectivity index (χ3v) is 6.09. The molecule has 0 unspecified atom stereocenters. The molecular weight excluding hydrogens is 406 g/mol. The normalized spacial score (nSPS) is 13.2. The molecular formula is C21H20ClN5OS. The Morgan fingerprint density at radius 1 is 1.17 bits per heavy atom. The van der Waals surface area contributed by atoms with Crippen LogP contribution in [0, 0.1) is 6.92 Å². The summed E-state index contributed by atoms with van der Waals surface area (Å²) < 4.78 is 0. The van der Waals surface area contributed by atoms with Crippen LogP contribution < -0.4 is 9.80 Å². The van der Waals surface area contributed by atoms with E-state index in [-0.39, 0.29) is 5.91 Å². The molecule has 29 heavy (non-hydrogen) atoms. The monoisotopic (exact) mass is 425 g/mol. The van der Waals surface area contributed by atoms with E-state index in [9.17, 15) is 4.79 Å². The molecule has 1 amide bonds. The summed E-state index contributed by atoms with van der Waals surface area (Å²) in [5, 5.41) is 0.398. The van der Waals surface area contributed by atoms with Crippen LogP contribution in [0.15, 0.2) is 47.8 Å². The van der Waals surface area contributed by atoms with E-state index in [1.807, 2.05) is 43.1 Å². The van der Waals surface area contributed by atoms with Gasteiger partial charge in [0.05, 0.1) is 11.3 Å². The summed E-state index contributed by atoms with van der Waals surface area (Å²) in [6.45, 7) is 4.56. The van der Waals surface area contributed by atoms with Crippen molar-refractivity contribution in [2.24, 2.45) is 0 Å². The van der Waals surface area contributed by atoms with Crippen LogP contribution in [0.5, 0.6) is 0 Å². The highest BCUT2D eigenvalue weighted by Crippen LogP contribution is 2.41. The van der Waals surface area contributed by atoms with E-state index in [2.05, 4.69) is 15.0 Å². The molecule has 0 saturated heterocycles. The smallest absolute Gasteiger partial charge is 0.261 e. The van der Waals surface area contributed by atoms with Gasteiger partial charge in [0.15, 0.2) is 5.82 Å². The number of hydrogen-bond donors (Lipinski definition) is 0.